The second-order valence-electron chi connectivity index (χ2n) is 5.04. The number of halogens is 6. The van der Waals surface area contributed by atoms with Crippen LogP contribution in [0, 0.1) is 10.1 Å². The molecule has 0 atom stereocenters. The van der Waals surface area contributed by atoms with Crippen LogP contribution in [-0.2, 0) is 17.1 Å². The number of rotatable bonds is 5. The monoisotopic (exact) mass is 426 g/mol. The summed E-state index contributed by atoms with van der Waals surface area (Å²) in [6.45, 7) is 0. The number of benzene rings is 1. The summed E-state index contributed by atoms with van der Waals surface area (Å²) in [4.78, 5) is 28.2. The Morgan fingerprint density at radius 1 is 1.14 bits per heavy atom. The molecular formula is C14H8F6N4O3S. The highest BCUT2D eigenvalue weighted by Crippen LogP contribution is 2.37. The second-order valence-corrected chi connectivity index (χ2v) is 5.99. The molecule has 0 unspecified atom stereocenters. The fourth-order valence-corrected chi connectivity index (χ4v) is 2.50. The van der Waals surface area contributed by atoms with Crippen molar-refractivity contribution < 1.29 is 36.1 Å². The van der Waals surface area contributed by atoms with Gasteiger partial charge in [-0.1, -0.05) is 11.8 Å². The number of anilines is 1. The van der Waals surface area contributed by atoms with E-state index in [4.69, 9.17) is 0 Å². The predicted molar refractivity (Wildman–Crippen MR) is 84.5 cm³/mol. The highest BCUT2D eigenvalue weighted by Gasteiger charge is 2.36. The van der Waals surface area contributed by atoms with Crippen LogP contribution in [0.4, 0.5) is 37.7 Å². The zero-order valence-electron chi connectivity index (χ0n) is 13.3. The minimum Gasteiger partial charge on any atom is -0.325 e. The van der Waals surface area contributed by atoms with Gasteiger partial charge in [0, 0.05) is 18.3 Å². The number of nitrogens with one attached hydrogen (secondary N) is 1. The van der Waals surface area contributed by atoms with Crippen molar-refractivity contribution >= 4 is 29.0 Å². The Kier molecular flexibility index (Phi) is 6.11. The number of alkyl halides is 6. The quantitative estimate of drug-likeness (QED) is 0.254. The third kappa shape index (κ3) is 5.55. The van der Waals surface area contributed by atoms with Crippen LogP contribution in [0.2, 0.25) is 0 Å². The van der Waals surface area contributed by atoms with E-state index in [0.717, 1.165) is 12.3 Å². The highest BCUT2D eigenvalue weighted by atomic mass is 32.2. The molecule has 0 spiro atoms. The van der Waals surface area contributed by atoms with Gasteiger partial charge in [0.25, 0.3) is 5.69 Å². The number of carbonyl (C=O) groups excluding carboxylic acids is 1. The van der Waals surface area contributed by atoms with E-state index in [0.29, 0.717) is 23.9 Å². The SMILES string of the molecule is O=C(CSc1nccc(C(F)(F)F)n1)Nc1ccc([N+](=O)[O-])cc1C(F)(F)F. The Bertz CT molecular complexity index is 903. The number of nitro groups is 1. The second kappa shape index (κ2) is 8.00. The van der Waals surface area contributed by atoms with Crippen molar-refractivity contribution in [3.63, 3.8) is 0 Å². The minimum atomic E-state index is -4.98. The van der Waals surface area contributed by atoms with Gasteiger partial charge in [0.15, 0.2) is 5.16 Å². The van der Waals surface area contributed by atoms with E-state index in [9.17, 15) is 41.3 Å². The van der Waals surface area contributed by atoms with Crippen LogP contribution in [0.25, 0.3) is 0 Å². The summed E-state index contributed by atoms with van der Waals surface area (Å²) < 4.78 is 76.8. The Morgan fingerprint density at radius 3 is 2.39 bits per heavy atom. The number of carbonyl (C=O) groups is 1. The van der Waals surface area contributed by atoms with E-state index in [-0.39, 0.29) is 6.07 Å². The van der Waals surface area contributed by atoms with Crippen LogP contribution in [-0.4, -0.2) is 26.6 Å². The number of amides is 1. The Labute approximate surface area is 156 Å². The molecule has 0 radical (unpaired) electrons. The molecule has 1 aromatic carbocycles. The Hall–Kier alpha value is -2.90. The summed E-state index contributed by atoms with van der Waals surface area (Å²) >= 11 is 0.476. The Morgan fingerprint density at radius 2 is 1.82 bits per heavy atom. The van der Waals surface area contributed by atoms with Crippen molar-refractivity contribution in [2.24, 2.45) is 0 Å². The number of nitrogens with zero attached hydrogens (tertiary/aromatic N) is 3. The summed E-state index contributed by atoms with van der Waals surface area (Å²) in [5, 5.41) is 12.1. The fourth-order valence-electron chi connectivity index (χ4n) is 1.87. The standard InChI is InChI=1S/C14H8F6N4O3S/c15-13(16,17)8-5-7(24(26)27)1-2-9(8)22-11(25)6-28-12-21-4-3-10(23-12)14(18,19)20/h1-5H,6H2,(H,22,25). The lowest BCUT2D eigenvalue weighted by Crippen LogP contribution is -2.18. The molecule has 0 aliphatic carbocycles. The summed E-state index contributed by atoms with van der Waals surface area (Å²) in [7, 11) is 0. The summed E-state index contributed by atoms with van der Waals surface area (Å²) in [5.74, 6) is -1.58. The van der Waals surface area contributed by atoms with Gasteiger partial charge in [-0.15, -0.1) is 0 Å². The first-order chi connectivity index (χ1) is 12.9. The summed E-state index contributed by atoms with van der Waals surface area (Å²) in [6, 6.07) is 2.37. The average molecular weight is 426 g/mol. The van der Waals surface area contributed by atoms with Gasteiger partial charge < -0.3 is 5.32 Å². The molecule has 1 N–H and O–H groups in total. The molecule has 1 aromatic heterocycles. The molecule has 0 fully saturated rings. The predicted octanol–water partition coefficient (Wildman–Crippen LogP) is 4.15. The van der Waals surface area contributed by atoms with E-state index in [1.165, 1.54) is 0 Å². The average Bonchev–Trinajstić information content (AvgIpc) is 2.58. The van der Waals surface area contributed by atoms with Gasteiger partial charge in [0.1, 0.15) is 5.69 Å². The molecule has 0 saturated heterocycles. The molecule has 0 aliphatic heterocycles. The maximum absolute atomic E-state index is 13.0. The third-order valence-corrected chi connectivity index (χ3v) is 3.91. The van der Waals surface area contributed by atoms with Crippen molar-refractivity contribution in [2.45, 2.75) is 17.5 Å². The molecule has 0 bridgehead atoms. The van der Waals surface area contributed by atoms with Crippen molar-refractivity contribution in [1.82, 2.24) is 9.97 Å². The molecule has 14 heteroatoms. The number of thioether (sulfide) groups is 1. The summed E-state index contributed by atoms with van der Waals surface area (Å²) in [6.07, 6.45) is -8.87. The number of nitro benzene ring substituents is 1. The zero-order chi connectivity index (χ0) is 21.1. The topological polar surface area (TPSA) is 98.0 Å². The molecule has 0 saturated carbocycles. The fraction of sp³-hybridized carbons (Fsp3) is 0.214. The van der Waals surface area contributed by atoms with Crippen LogP contribution in [0.5, 0.6) is 0 Å². The largest absolute Gasteiger partial charge is 0.433 e. The number of hydrogen-bond donors (Lipinski definition) is 1. The van der Waals surface area contributed by atoms with Crippen LogP contribution < -0.4 is 5.32 Å². The van der Waals surface area contributed by atoms with Gasteiger partial charge in [-0.3, -0.25) is 14.9 Å². The van der Waals surface area contributed by atoms with Crippen molar-refractivity contribution in [2.75, 3.05) is 11.1 Å². The molecule has 2 rings (SSSR count). The van der Waals surface area contributed by atoms with Crippen LogP contribution in [0.1, 0.15) is 11.3 Å². The first-order valence-corrected chi connectivity index (χ1v) is 8.05. The van der Waals surface area contributed by atoms with Gasteiger partial charge in [-0.2, -0.15) is 26.3 Å². The number of aromatic nitrogens is 2. The van der Waals surface area contributed by atoms with Gasteiger partial charge in [-0.05, 0) is 12.1 Å². The molecule has 0 aliphatic rings. The summed E-state index contributed by atoms with van der Waals surface area (Å²) in [5.41, 5.74) is -4.22. The molecule has 1 amide bonds. The molecule has 150 valence electrons. The normalized spacial score (nSPS) is 11.9. The van der Waals surface area contributed by atoms with Gasteiger partial charge in [-0.25, -0.2) is 9.97 Å². The maximum atomic E-state index is 13.0. The van der Waals surface area contributed by atoms with E-state index in [1.54, 1.807) is 0 Å². The van der Waals surface area contributed by atoms with Crippen LogP contribution in [0.15, 0.2) is 35.6 Å². The number of non-ortho nitro benzene ring substituents is 1. The van der Waals surface area contributed by atoms with Crippen LogP contribution >= 0.6 is 11.8 Å². The smallest absolute Gasteiger partial charge is 0.325 e. The van der Waals surface area contributed by atoms with E-state index >= 15 is 0 Å². The zero-order valence-corrected chi connectivity index (χ0v) is 14.2. The molecule has 1 heterocycles. The van der Waals surface area contributed by atoms with E-state index in [2.05, 4.69) is 9.97 Å². The molecular weight excluding hydrogens is 418 g/mol. The van der Waals surface area contributed by atoms with Gasteiger partial charge >= 0.3 is 12.4 Å². The van der Waals surface area contributed by atoms with Crippen molar-refractivity contribution in [3.8, 4) is 0 Å². The lowest BCUT2D eigenvalue weighted by Gasteiger charge is -2.13. The van der Waals surface area contributed by atoms with E-state index < -0.39 is 56.7 Å². The van der Waals surface area contributed by atoms with Crippen LogP contribution in [0.3, 0.4) is 0 Å². The van der Waals surface area contributed by atoms with Crippen molar-refractivity contribution in [3.05, 3.63) is 51.8 Å². The van der Waals surface area contributed by atoms with Crippen molar-refractivity contribution in [1.29, 1.82) is 0 Å². The first kappa shape index (κ1) is 21.4. The number of hydrogen-bond acceptors (Lipinski definition) is 6. The third-order valence-electron chi connectivity index (χ3n) is 3.05. The highest BCUT2D eigenvalue weighted by molar-refractivity contribution is 7.99. The Balaban J connectivity index is 2.12. The molecule has 28 heavy (non-hydrogen) atoms. The maximum Gasteiger partial charge on any atom is 0.433 e. The lowest BCUT2D eigenvalue weighted by atomic mass is 10.1. The van der Waals surface area contributed by atoms with Gasteiger partial charge in [0.2, 0.25) is 5.91 Å². The van der Waals surface area contributed by atoms with Gasteiger partial charge in [0.05, 0.1) is 21.9 Å². The molecule has 7 nitrogen and oxygen atoms in total. The van der Waals surface area contributed by atoms with E-state index in [1.807, 2.05) is 5.32 Å². The molecule has 2 aromatic rings. The minimum absolute atomic E-state index is 0.263. The lowest BCUT2D eigenvalue weighted by molar-refractivity contribution is -0.385. The first-order valence-electron chi connectivity index (χ1n) is 7.06.